The molecule has 1 heterocycles. The number of para-hydroxylation sites is 3. The summed E-state index contributed by atoms with van der Waals surface area (Å²) in [6.45, 7) is 6.97. The Morgan fingerprint density at radius 1 is 1.00 bits per heavy atom. The maximum Gasteiger partial charge on any atom is 0.227 e. The first kappa shape index (κ1) is 21.2. The lowest BCUT2D eigenvalue weighted by atomic mass is 9.90. The number of piperidine rings is 1. The molecule has 1 fully saturated rings. The Kier molecular flexibility index (Phi) is 6.48. The topological polar surface area (TPSA) is 58.6 Å². The van der Waals surface area contributed by atoms with Crippen molar-refractivity contribution in [3.05, 3.63) is 53.6 Å². The quantitative estimate of drug-likeness (QED) is 0.733. The molecule has 2 aromatic rings. The Balaban J connectivity index is 1.63. The lowest BCUT2D eigenvalue weighted by Gasteiger charge is -2.35. The zero-order valence-corrected chi connectivity index (χ0v) is 17.8. The Hall–Kier alpha value is -2.53. The average Bonchev–Trinajstić information content (AvgIpc) is 2.70. The van der Waals surface area contributed by atoms with E-state index >= 15 is 0 Å². The van der Waals surface area contributed by atoms with Crippen LogP contribution in [-0.4, -0.2) is 29.8 Å². The molecule has 29 heavy (non-hydrogen) atoms. The van der Waals surface area contributed by atoms with Gasteiger partial charge in [-0.25, -0.2) is 0 Å². The highest BCUT2D eigenvalue weighted by atomic mass is 35.5. The van der Waals surface area contributed by atoms with E-state index in [4.69, 9.17) is 16.3 Å². The SMILES string of the molecule is CC(C)(C)C(=O)N1CCC(C(=O)Nc2ccccc2Oc2ccccc2Cl)CC1. The van der Waals surface area contributed by atoms with Crippen LogP contribution in [0.25, 0.3) is 0 Å². The van der Waals surface area contributed by atoms with Crippen LogP contribution in [0.5, 0.6) is 11.5 Å². The third-order valence-electron chi connectivity index (χ3n) is 5.00. The third kappa shape index (κ3) is 5.30. The van der Waals surface area contributed by atoms with Gasteiger partial charge >= 0.3 is 0 Å². The molecule has 2 amide bonds. The molecule has 0 spiro atoms. The minimum atomic E-state index is -0.399. The summed E-state index contributed by atoms with van der Waals surface area (Å²) in [4.78, 5) is 27.1. The molecule has 0 aromatic heterocycles. The molecule has 5 nitrogen and oxygen atoms in total. The van der Waals surface area contributed by atoms with Crippen LogP contribution in [0.2, 0.25) is 5.02 Å². The molecule has 3 rings (SSSR count). The van der Waals surface area contributed by atoms with Gasteiger partial charge in [-0.2, -0.15) is 0 Å². The maximum atomic E-state index is 12.8. The number of anilines is 1. The molecule has 154 valence electrons. The molecule has 1 aliphatic heterocycles. The fourth-order valence-electron chi connectivity index (χ4n) is 3.36. The van der Waals surface area contributed by atoms with Crippen LogP contribution in [0, 0.1) is 11.3 Å². The average molecular weight is 415 g/mol. The largest absolute Gasteiger partial charge is 0.454 e. The van der Waals surface area contributed by atoms with E-state index in [-0.39, 0.29) is 17.7 Å². The zero-order chi connectivity index (χ0) is 21.0. The van der Waals surface area contributed by atoms with Crippen molar-refractivity contribution >= 4 is 29.1 Å². The molecule has 0 unspecified atom stereocenters. The van der Waals surface area contributed by atoms with Crippen molar-refractivity contribution < 1.29 is 14.3 Å². The number of hydrogen-bond acceptors (Lipinski definition) is 3. The first-order valence-corrected chi connectivity index (χ1v) is 10.2. The van der Waals surface area contributed by atoms with E-state index in [1.807, 2.05) is 56.0 Å². The van der Waals surface area contributed by atoms with Crippen molar-refractivity contribution in [2.24, 2.45) is 11.3 Å². The molecule has 0 aliphatic carbocycles. The molecule has 0 atom stereocenters. The molecular formula is C23H27ClN2O3. The van der Waals surface area contributed by atoms with Crippen molar-refractivity contribution in [2.45, 2.75) is 33.6 Å². The molecule has 6 heteroatoms. The second-order valence-corrected chi connectivity index (χ2v) is 8.74. The van der Waals surface area contributed by atoms with Gasteiger partial charge < -0.3 is 15.0 Å². The van der Waals surface area contributed by atoms with E-state index < -0.39 is 5.41 Å². The van der Waals surface area contributed by atoms with Gasteiger partial charge in [-0.15, -0.1) is 0 Å². The van der Waals surface area contributed by atoms with Crippen LogP contribution >= 0.6 is 11.6 Å². The number of nitrogens with one attached hydrogen (secondary N) is 1. The molecule has 1 saturated heterocycles. The summed E-state index contributed by atoms with van der Waals surface area (Å²) in [5.74, 6) is 1.02. The van der Waals surface area contributed by atoms with Gasteiger partial charge in [-0.1, -0.05) is 56.6 Å². The number of hydrogen-bond donors (Lipinski definition) is 1. The summed E-state index contributed by atoms with van der Waals surface area (Å²) in [7, 11) is 0. The second-order valence-electron chi connectivity index (χ2n) is 8.33. The lowest BCUT2D eigenvalue weighted by Crippen LogP contribution is -2.45. The van der Waals surface area contributed by atoms with Gasteiger partial charge in [0, 0.05) is 24.4 Å². The zero-order valence-electron chi connectivity index (χ0n) is 17.1. The van der Waals surface area contributed by atoms with Crippen LogP contribution in [0.1, 0.15) is 33.6 Å². The van der Waals surface area contributed by atoms with Crippen LogP contribution < -0.4 is 10.1 Å². The number of amides is 2. The molecule has 0 bridgehead atoms. The van der Waals surface area contributed by atoms with Gasteiger partial charge in [0.1, 0.15) is 5.75 Å². The second kappa shape index (κ2) is 8.87. The summed E-state index contributed by atoms with van der Waals surface area (Å²) in [6.07, 6.45) is 1.31. The summed E-state index contributed by atoms with van der Waals surface area (Å²) in [5.41, 5.74) is 0.204. The monoisotopic (exact) mass is 414 g/mol. The number of nitrogens with zero attached hydrogens (tertiary/aromatic N) is 1. The number of carbonyl (C=O) groups excluding carboxylic acids is 2. The molecule has 2 aromatic carbocycles. The highest BCUT2D eigenvalue weighted by Crippen LogP contribution is 2.34. The Bertz CT molecular complexity index is 884. The number of ether oxygens (including phenoxy) is 1. The van der Waals surface area contributed by atoms with E-state index in [0.29, 0.717) is 48.1 Å². The first-order chi connectivity index (χ1) is 13.8. The van der Waals surface area contributed by atoms with Gasteiger partial charge in [-0.3, -0.25) is 9.59 Å². The number of benzene rings is 2. The van der Waals surface area contributed by atoms with E-state index in [9.17, 15) is 9.59 Å². The molecule has 1 aliphatic rings. The molecule has 1 N–H and O–H groups in total. The van der Waals surface area contributed by atoms with Crippen LogP contribution in [0.3, 0.4) is 0 Å². The van der Waals surface area contributed by atoms with Gasteiger partial charge in [0.05, 0.1) is 10.7 Å². The fraction of sp³-hybridized carbons (Fsp3) is 0.391. The minimum absolute atomic E-state index is 0.0527. The predicted molar refractivity (Wildman–Crippen MR) is 115 cm³/mol. The number of halogens is 1. The minimum Gasteiger partial charge on any atom is -0.454 e. The summed E-state index contributed by atoms with van der Waals surface area (Å²) >= 11 is 6.18. The standard InChI is InChI=1S/C23H27ClN2O3/c1-23(2,3)22(28)26-14-12-16(13-15-26)21(27)25-18-9-5-7-11-20(18)29-19-10-6-4-8-17(19)24/h4-11,16H,12-15H2,1-3H3,(H,25,27). The van der Waals surface area contributed by atoms with Crippen LogP contribution in [0.15, 0.2) is 48.5 Å². The van der Waals surface area contributed by atoms with E-state index in [2.05, 4.69) is 5.32 Å². The Morgan fingerprint density at radius 2 is 1.59 bits per heavy atom. The molecule has 0 saturated carbocycles. The van der Waals surface area contributed by atoms with Crippen LogP contribution in [0.4, 0.5) is 5.69 Å². The van der Waals surface area contributed by atoms with Crippen molar-refractivity contribution in [1.82, 2.24) is 4.90 Å². The molecular weight excluding hydrogens is 388 g/mol. The first-order valence-electron chi connectivity index (χ1n) is 9.87. The third-order valence-corrected chi connectivity index (χ3v) is 5.31. The predicted octanol–water partition coefficient (Wildman–Crippen LogP) is 5.36. The van der Waals surface area contributed by atoms with Crippen molar-refractivity contribution in [3.8, 4) is 11.5 Å². The van der Waals surface area contributed by atoms with Crippen LogP contribution in [-0.2, 0) is 9.59 Å². The van der Waals surface area contributed by atoms with Gasteiger partial charge in [0.2, 0.25) is 11.8 Å². The van der Waals surface area contributed by atoms with Gasteiger partial charge in [0.25, 0.3) is 0 Å². The number of carbonyl (C=O) groups is 2. The molecule has 0 radical (unpaired) electrons. The fourth-order valence-corrected chi connectivity index (χ4v) is 3.53. The Morgan fingerprint density at radius 3 is 2.21 bits per heavy atom. The lowest BCUT2D eigenvalue weighted by molar-refractivity contribution is -0.142. The summed E-state index contributed by atoms with van der Waals surface area (Å²) in [6, 6.07) is 14.5. The number of likely N-dealkylation sites (tertiary alicyclic amines) is 1. The van der Waals surface area contributed by atoms with E-state index in [1.165, 1.54) is 0 Å². The Labute approximate surface area is 177 Å². The normalized spacial score (nSPS) is 15.1. The highest BCUT2D eigenvalue weighted by molar-refractivity contribution is 6.32. The number of rotatable bonds is 4. The van der Waals surface area contributed by atoms with E-state index in [0.717, 1.165) is 0 Å². The summed E-state index contributed by atoms with van der Waals surface area (Å²) in [5, 5.41) is 3.49. The van der Waals surface area contributed by atoms with Gasteiger partial charge in [0.15, 0.2) is 5.75 Å². The highest BCUT2D eigenvalue weighted by Gasteiger charge is 2.32. The van der Waals surface area contributed by atoms with Crippen molar-refractivity contribution in [3.63, 3.8) is 0 Å². The van der Waals surface area contributed by atoms with E-state index in [1.54, 1.807) is 18.2 Å². The maximum absolute atomic E-state index is 12.8. The van der Waals surface area contributed by atoms with Crippen molar-refractivity contribution in [1.29, 1.82) is 0 Å². The smallest absolute Gasteiger partial charge is 0.227 e. The summed E-state index contributed by atoms with van der Waals surface area (Å²) < 4.78 is 5.91. The van der Waals surface area contributed by atoms with Gasteiger partial charge in [-0.05, 0) is 37.1 Å². The van der Waals surface area contributed by atoms with Crippen molar-refractivity contribution in [2.75, 3.05) is 18.4 Å².